The van der Waals surface area contributed by atoms with Crippen molar-refractivity contribution in [2.45, 2.75) is 6.42 Å². The molecule has 6 nitrogen and oxygen atoms in total. The summed E-state index contributed by atoms with van der Waals surface area (Å²) in [5.41, 5.74) is 1.58. The highest BCUT2D eigenvalue weighted by molar-refractivity contribution is 5.94. The number of ether oxygens (including phenoxy) is 1. The molecule has 0 spiro atoms. The number of hydrogen-bond donors (Lipinski definition) is 1. The Hall–Kier alpha value is -3.41. The van der Waals surface area contributed by atoms with E-state index in [1.807, 2.05) is 24.3 Å². The molecule has 6 heteroatoms. The Balaban J connectivity index is 1.29. The molecule has 1 aliphatic rings. The molecule has 1 aliphatic heterocycles. The topological polar surface area (TPSA) is 71.5 Å². The average Bonchev–Trinajstić information content (AvgIpc) is 2.73. The minimum atomic E-state index is -0.157. The van der Waals surface area contributed by atoms with Gasteiger partial charge in [-0.25, -0.2) is 0 Å². The van der Waals surface area contributed by atoms with Gasteiger partial charge in [-0.1, -0.05) is 30.3 Å². The minimum Gasteiger partial charge on any atom is -0.497 e. The zero-order chi connectivity index (χ0) is 20.2. The van der Waals surface area contributed by atoms with Crippen molar-refractivity contribution >= 4 is 22.6 Å². The number of pyridine rings is 1. The Labute approximate surface area is 169 Å². The monoisotopic (exact) mass is 389 g/mol. The van der Waals surface area contributed by atoms with Gasteiger partial charge in [0, 0.05) is 25.8 Å². The maximum Gasteiger partial charge on any atom is 0.272 e. The fourth-order valence-electron chi connectivity index (χ4n) is 3.59. The Morgan fingerprint density at radius 2 is 2.00 bits per heavy atom. The number of likely N-dealkylation sites (tertiary alicyclic amines) is 1. The van der Waals surface area contributed by atoms with E-state index in [0.717, 1.165) is 22.9 Å². The fourth-order valence-corrected chi connectivity index (χ4v) is 3.59. The Kier molecular flexibility index (Phi) is 5.42. The van der Waals surface area contributed by atoms with Crippen LogP contribution in [0.2, 0.25) is 0 Å². The Bertz CT molecular complexity index is 1030. The van der Waals surface area contributed by atoms with Gasteiger partial charge in [-0.2, -0.15) is 0 Å². The number of nitrogens with zero attached hydrogens (tertiary/aromatic N) is 2. The molecule has 29 heavy (non-hydrogen) atoms. The number of carbonyl (C=O) groups is 2. The molecule has 0 unspecified atom stereocenters. The molecule has 0 bridgehead atoms. The molecule has 1 aromatic heterocycles. The first-order valence-corrected chi connectivity index (χ1v) is 9.69. The maximum atomic E-state index is 12.4. The first kappa shape index (κ1) is 18.9. The molecule has 2 heterocycles. The van der Waals surface area contributed by atoms with Gasteiger partial charge in [-0.3, -0.25) is 14.6 Å². The van der Waals surface area contributed by atoms with Gasteiger partial charge >= 0.3 is 0 Å². The van der Waals surface area contributed by atoms with E-state index in [1.165, 1.54) is 5.56 Å². The van der Waals surface area contributed by atoms with Crippen LogP contribution in [0.15, 0.2) is 60.8 Å². The molecule has 1 N–H and O–H groups in total. The van der Waals surface area contributed by atoms with Crippen LogP contribution in [-0.2, 0) is 11.2 Å². The molecule has 1 saturated heterocycles. The van der Waals surface area contributed by atoms with E-state index in [4.69, 9.17) is 4.74 Å². The first-order chi connectivity index (χ1) is 14.2. The standard InChI is InChI=1S/C23H23N3O3/c1-29-19-9-8-16-5-4-6-17(20(16)13-19)10-12-25-22(27)18-14-26(15-18)23(28)21-7-2-3-11-24-21/h2-9,11,13,18H,10,12,14-15H2,1H3,(H,25,27). The van der Waals surface area contributed by atoms with Crippen LogP contribution in [0, 0.1) is 5.92 Å². The SMILES string of the molecule is COc1ccc2cccc(CCNC(=O)C3CN(C(=O)c4ccccn4)C3)c2c1. The van der Waals surface area contributed by atoms with Crippen LogP contribution in [0.5, 0.6) is 5.75 Å². The molecule has 4 rings (SSSR count). The van der Waals surface area contributed by atoms with Crippen LogP contribution in [0.1, 0.15) is 16.1 Å². The van der Waals surface area contributed by atoms with E-state index < -0.39 is 0 Å². The van der Waals surface area contributed by atoms with Gasteiger partial charge < -0.3 is 15.0 Å². The summed E-state index contributed by atoms with van der Waals surface area (Å²) in [7, 11) is 1.66. The Morgan fingerprint density at radius 1 is 1.14 bits per heavy atom. The summed E-state index contributed by atoms with van der Waals surface area (Å²) < 4.78 is 5.33. The van der Waals surface area contributed by atoms with Crippen LogP contribution in [-0.4, -0.2) is 48.4 Å². The number of aromatic nitrogens is 1. The van der Waals surface area contributed by atoms with E-state index in [9.17, 15) is 9.59 Å². The lowest BCUT2D eigenvalue weighted by Gasteiger charge is -2.37. The van der Waals surface area contributed by atoms with E-state index in [-0.39, 0.29) is 17.7 Å². The van der Waals surface area contributed by atoms with Gasteiger partial charge in [0.1, 0.15) is 11.4 Å². The van der Waals surface area contributed by atoms with Crippen molar-refractivity contribution in [2.24, 2.45) is 5.92 Å². The second-order valence-corrected chi connectivity index (χ2v) is 7.17. The van der Waals surface area contributed by atoms with Gasteiger partial charge in [0.15, 0.2) is 0 Å². The zero-order valence-electron chi connectivity index (χ0n) is 16.3. The molecule has 0 radical (unpaired) electrons. The van der Waals surface area contributed by atoms with Crippen LogP contribution in [0.25, 0.3) is 10.8 Å². The smallest absolute Gasteiger partial charge is 0.272 e. The molecule has 1 fully saturated rings. The fraction of sp³-hybridized carbons (Fsp3) is 0.261. The number of hydrogen-bond acceptors (Lipinski definition) is 4. The van der Waals surface area contributed by atoms with E-state index in [0.29, 0.717) is 25.3 Å². The third-order valence-electron chi connectivity index (χ3n) is 5.30. The molecule has 2 amide bonds. The van der Waals surface area contributed by atoms with Crippen molar-refractivity contribution in [3.63, 3.8) is 0 Å². The van der Waals surface area contributed by atoms with Crippen molar-refractivity contribution < 1.29 is 14.3 Å². The van der Waals surface area contributed by atoms with Gasteiger partial charge in [-0.15, -0.1) is 0 Å². The van der Waals surface area contributed by atoms with Crippen molar-refractivity contribution in [1.82, 2.24) is 15.2 Å². The van der Waals surface area contributed by atoms with Crippen molar-refractivity contribution in [2.75, 3.05) is 26.7 Å². The van der Waals surface area contributed by atoms with Crippen molar-refractivity contribution in [3.8, 4) is 5.75 Å². The summed E-state index contributed by atoms with van der Waals surface area (Å²) in [5, 5.41) is 5.29. The highest BCUT2D eigenvalue weighted by Gasteiger charge is 2.36. The number of carbonyl (C=O) groups excluding carboxylic acids is 2. The number of nitrogens with one attached hydrogen (secondary N) is 1. The third-order valence-corrected chi connectivity index (χ3v) is 5.30. The second-order valence-electron chi connectivity index (χ2n) is 7.17. The van der Waals surface area contributed by atoms with Crippen LogP contribution in [0.3, 0.4) is 0 Å². The average molecular weight is 389 g/mol. The number of fused-ring (bicyclic) bond motifs is 1. The van der Waals surface area contributed by atoms with Gasteiger partial charge in [0.2, 0.25) is 5.91 Å². The predicted octanol–water partition coefficient (Wildman–Crippen LogP) is 2.67. The molecule has 148 valence electrons. The summed E-state index contributed by atoms with van der Waals surface area (Å²) in [5.74, 6) is 0.531. The molecule has 0 atom stereocenters. The molecule has 0 aliphatic carbocycles. The molecule has 0 saturated carbocycles. The highest BCUT2D eigenvalue weighted by atomic mass is 16.5. The zero-order valence-corrected chi connectivity index (χ0v) is 16.3. The molecule has 2 aromatic carbocycles. The van der Waals surface area contributed by atoms with Crippen LogP contribution >= 0.6 is 0 Å². The third kappa shape index (κ3) is 4.06. The normalized spacial score (nSPS) is 13.8. The number of benzene rings is 2. The maximum absolute atomic E-state index is 12.4. The van der Waals surface area contributed by atoms with E-state index >= 15 is 0 Å². The first-order valence-electron chi connectivity index (χ1n) is 9.69. The van der Waals surface area contributed by atoms with Gasteiger partial charge in [-0.05, 0) is 47.0 Å². The summed E-state index contributed by atoms with van der Waals surface area (Å²) in [6, 6.07) is 17.4. The summed E-state index contributed by atoms with van der Waals surface area (Å²) in [4.78, 5) is 30.4. The molecular formula is C23H23N3O3. The summed E-state index contributed by atoms with van der Waals surface area (Å²) >= 11 is 0. The van der Waals surface area contributed by atoms with E-state index in [1.54, 1.807) is 36.4 Å². The van der Waals surface area contributed by atoms with Crippen LogP contribution < -0.4 is 10.1 Å². The lowest BCUT2D eigenvalue weighted by molar-refractivity contribution is -0.128. The second kappa shape index (κ2) is 8.31. The number of methoxy groups -OCH3 is 1. The van der Waals surface area contributed by atoms with Crippen LogP contribution in [0.4, 0.5) is 0 Å². The van der Waals surface area contributed by atoms with Crippen molar-refractivity contribution in [1.29, 1.82) is 0 Å². The molecular weight excluding hydrogens is 366 g/mol. The lowest BCUT2D eigenvalue weighted by Crippen LogP contribution is -2.56. The quantitative estimate of drug-likeness (QED) is 0.704. The Morgan fingerprint density at radius 3 is 2.76 bits per heavy atom. The summed E-state index contributed by atoms with van der Waals surface area (Å²) in [6.07, 6.45) is 2.33. The highest BCUT2D eigenvalue weighted by Crippen LogP contribution is 2.24. The van der Waals surface area contributed by atoms with Gasteiger partial charge in [0.25, 0.3) is 5.91 Å². The summed E-state index contributed by atoms with van der Waals surface area (Å²) in [6.45, 7) is 1.43. The minimum absolute atomic E-state index is 0.00659. The number of rotatable bonds is 6. The largest absolute Gasteiger partial charge is 0.497 e. The van der Waals surface area contributed by atoms with Crippen molar-refractivity contribution in [3.05, 3.63) is 72.1 Å². The number of amides is 2. The lowest BCUT2D eigenvalue weighted by atomic mass is 9.98. The molecule has 3 aromatic rings. The van der Waals surface area contributed by atoms with E-state index in [2.05, 4.69) is 22.4 Å². The predicted molar refractivity (Wildman–Crippen MR) is 111 cm³/mol. The van der Waals surface area contributed by atoms with Gasteiger partial charge in [0.05, 0.1) is 13.0 Å².